The molecule has 228 valence electrons. The van der Waals surface area contributed by atoms with Crippen molar-refractivity contribution in [2.75, 3.05) is 5.32 Å². The molecule has 6 nitrogen and oxygen atoms in total. The molecule has 0 spiro atoms. The van der Waals surface area contributed by atoms with E-state index in [2.05, 4.69) is 10.6 Å². The van der Waals surface area contributed by atoms with Gasteiger partial charge in [-0.15, -0.1) is 0 Å². The molecule has 5 aromatic carbocycles. The number of benzene rings is 5. The van der Waals surface area contributed by atoms with Crippen LogP contribution in [0.5, 0.6) is 11.5 Å². The molecule has 0 bridgehead atoms. The Hall–Kier alpha value is -5.28. The zero-order valence-corrected chi connectivity index (χ0v) is 24.3. The highest BCUT2D eigenvalue weighted by Crippen LogP contribution is 2.34. The number of halogens is 4. The van der Waals surface area contributed by atoms with E-state index in [9.17, 15) is 27.9 Å². The van der Waals surface area contributed by atoms with E-state index in [1.165, 1.54) is 30.3 Å². The van der Waals surface area contributed by atoms with E-state index < -0.39 is 29.7 Å². The molecule has 5 aromatic rings. The highest BCUT2D eigenvalue weighted by Gasteiger charge is 2.30. The Kier molecular flexibility index (Phi) is 9.39. The van der Waals surface area contributed by atoms with Crippen LogP contribution in [-0.2, 0) is 17.4 Å². The van der Waals surface area contributed by atoms with E-state index in [1.807, 2.05) is 66.7 Å². The average Bonchev–Trinajstić information content (AvgIpc) is 3.02. The van der Waals surface area contributed by atoms with Crippen molar-refractivity contribution < 1.29 is 32.6 Å². The summed E-state index contributed by atoms with van der Waals surface area (Å²) in [6.07, 6.45) is -4.58. The summed E-state index contributed by atoms with van der Waals surface area (Å²) in [4.78, 5) is 25.5. The molecule has 3 N–H and O–H groups in total. The van der Waals surface area contributed by atoms with E-state index in [0.29, 0.717) is 17.1 Å². The summed E-state index contributed by atoms with van der Waals surface area (Å²) in [5.41, 5.74) is 1.70. The van der Waals surface area contributed by atoms with Crippen LogP contribution in [0.25, 0.3) is 11.1 Å². The largest absolute Gasteiger partial charge is 0.480 e. The van der Waals surface area contributed by atoms with Crippen LogP contribution in [-0.4, -0.2) is 23.0 Å². The smallest absolute Gasteiger partial charge is 0.416 e. The summed E-state index contributed by atoms with van der Waals surface area (Å²) in [6, 6.07) is 31.6. The molecule has 0 fully saturated rings. The molecule has 1 amide bonds. The monoisotopic (exact) mass is 630 g/mol. The van der Waals surface area contributed by atoms with Crippen LogP contribution in [0.1, 0.15) is 21.5 Å². The summed E-state index contributed by atoms with van der Waals surface area (Å²) >= 11 is 6.12. The third kappa shape index (κ3) is 8.01. The van der Waals surface area contributed by atoms with Crippen molar-refractivity contribution in [1.82, 2.24) is 5.32 Å². The predicted molar refractivity (Wildman–Crippen MR) is 167 cm³/mol. The van der Waals surface area contributed by atoms with Gasteiger partial charge in [-0.3, -0.25) is 4.79 Å². The van der Waals surface area contributed by atoms with E-state index in [0.717, 1.165) is 23.3 Å². The zero-order valence-electron chi connectivity index (χ0n) is 23.5. The predicted octanol–water partition coefficient (Wildman–Crippen LogP) is 8.99. The first-order valence-corrected chi connectivity index (χ1v) is 14.1. The van der Waals surface area contributed by atoms with Crippen LogP contribution in [0.2, 0.25) is 5.02 Å². The van der Waals surface area contributed by atoms with E-state index >= 15 is 0 Å². The van der Waals surface area contributed by atoms with Gasteiger partial charge in [0, 0.05) is 22.7 Å². The second-order valence-corrected chi connectivity index (χ2v) is 10.5. The number of amides is 1. The Morgan fingerprint density at radius 1 is 0.822 bits per heavy atom. The molecule has 0 aromatic heterocycles. The van der Waals surface area contributed by atoms with Gasteiger partial charge in [0.1, 0.15) is 17.5 Å². The highest BCUT2D eigenvalue weighted by molar-refractivity contribution is 6.31. The first kappa shape index (κ1) is 31.2. The number of ether oxygens (including phenoxy) is 1. The maximum Gasteiger partial charge on any atom is 0.416 e. The Morgan fingerprint density at radius 3 is 2.24 bits per heavy atom. The van der Waals surface area contributed by atoms with Gasteiger partial charge in [-0.1, -0.05) is 78.3 Å². The van der Waals surface area contributed by atoms with E-state index in [1.54, 1.807) is 12.1 Å². The number of rotatable bonds is 10. The first-order chi connectivity index (χ1) is 21.6. The SMILES string of the molecule is O=C(N[C@@H](Cc1ccc(-c2ccccc2Oc2ccccc2)cc1)C(=O)O)c1cc(Cl)ccc1Nc1cccc(C(F)(F)F)c1. The fraction of sp³-hybridized carbons (Fsp3) is 0.0857. The lowest BCUT2D eigenvalue weighted by Crippen LogP contribution is -2.42. The number of para-hydroxylation sites is 2. The first-order valence-electron chi connectivity index (χ1n) is 13.8. The summed E-state index contributed by atoms with van der Waals surface area (Å²) in [6.45, 7) is 0. The summed E-state index contributed by atoms with van der Waals surface area (Å²) < 4.78 is 45.7. The lowest BCUT2D eigenvalue weighted by atomic mass is 9.99. The molecule has 45 heavy (non-hydrogen) atoms. The van der Waals surface area contributed by atoms with Crippen molar-refractivity contribution in [3.8, 4) is 22.6 Å². The molecule has 0 unspecified atom stereocenters. The van der Waals surface area contributed by atoms with Gasteiger partial charge in [-0.05, 0) is 65.7 Å². The number of alkyl halides is 3. The van der Waals surface area contributed by atoms with Crippen LogP contribution in [0.3, 0.4) is 0 Å². The molecule has 5 rings (SSSR count). The van der Waals surface area contributed by atoms with Gasteiger partial charge in [0.15, 0.2) is 0 Å². The van der Waals surface area contributed by atoms with Crippen LogP contribution in [0.4, 0.5) is 24.5 Å². The Balaban J connectivity index is 1.32. The fourth-order valence-corrected chi connectivity index (χ4v) is 4.82. The number of carbonyl (C=O) groups is 2. The minimum atomic E-state index is -4.55. The second-order valence-electron chi connectivity index (χ2n) is 10.1. The highest BCUT2D eigenvalue weighted by atomic mass is 35.5. The van der Waals surface area contributed by atoms with Gasteiger partial charge >= 0.3 is 12.1 Å². The summed E-state index contributed by atoms with van der Waals surface area (Å²) in [7, 11) is 0. The van der Waals surface area contributed by atoms with Crippen LogP contribution >= 0.6 is 11.6 Å². The van der Waals surface area contributed by atoms with Crippen LogP contribution in [0.15, 0.2) is 121 Å². The summed E-state index contributed by atoms with van der Waals surface area (Å²) in [5.74, 6) is -0.677. The van der Waals surface area contributed by atoms with Crippen molar-refractivity contribution in [2.24, 2.45) is 0 Å². The Morgan fingerprint density at radius 2 is 1.53 bits per heavy atom. The third-order valence-electron chi connectivity index (χ3n) is 6.86. The van der Waals surface area contributed by atoms with Gasteiger partial charge in [0.25, 0.3) is 5.91 Å². The minimum Gasteiger partial charge on any atom is -0.480 e. The van der Waals surface area contributed by atoms with E-state index in [-0.39, 0.29) is 28.4 Å². The van der Waals surface area contributed by atoms with Gasteiger partial charge in [0.05, 0.1) is 16.8 Å². The quantitative estimate of drug-likeness (QED) is 0.143. The molecule has 0 saturated carbocycles. The van der Waals surface area contributed by atoms with Crippen molar-refractivity contribution >= 4 is 34.9 Å². The number of carboxylic acids is 1. The van der Waals surface area contributed by atoms with Crippen molar-refractivity contribution in [1.29, 1.82) is 0 Å². The topological polar surface area (TPSA) is 87.7 Å². The number of hydrogen-bond acceptors (Lipinski definition) is 4. The van der Waals surface area contributed by atoms with Gasteiger partial charge in [-0.2, -0.15) is 13.2 Å². The number of carbonyl (C=O) groups excluding carboxylic acids is 1. The standard InChI is InChI=1S/C35H26ClF3N2O4/c36-25-17-18-30(40-26-8-6-7-24(20-26)35(37,38)39)29(21-25)33(42)41-31(34(43)44)19-22-13-15-23(16-14-22)28-11-4-5-12-32(28)45-27-9-2-1-3-10-27/h1-18,20-21,31,40H,19H2,(H,41,42)(H,43,44)/t31-/m0/s1. The fourth-order valence-electron chi connectivity index (χ4n) is 4.64. The van der Waals surface area contributed by atoms with Crippen molar-refractivity contribution in [3.05, 3.63) is 143 Å². The number of hydrogen-bond donors (Lipinski definition) is 3. The maximum absolute atomic E-state index is 13.3. The molecule has 10 heteroatoms. The van der Waals surface area contributed by atoms with Gasteiger partial charge < -0.3 is 20.5 Å². The molecule has 0 saturated heterocycles. The molecule has 0 aliphatic heterocycles. The molecule has 0 aliphatic carbocycles. The molecule has 0 radical (unpaired) electrons. The number of carboxylic acid groups (broad SMARTS) is 1. The molecule has 0 heterocycles. The van der Waals surface area contributed by atoms with Gasteiger partial charge in [-0.25, -0.2) is 4.79 Å². The average molecular weight is 631 g/mol. The Bertz CT molecular complexity index is 1810. The molecule has 1 atom stereocenters. The molecule has 0 aliphatic rings. The summed E-state index contributed by atoms with van der Waals surface area (Å²) in [5, 5.41) is 15.4. The van der Waals surface area contributed by atoms with E-state index in [4.69, 9.17) is 16.3 Å². The minimum absolute atomic E-state index is 0.0273. The van der Waals surface area contributed by atoms with Crippen molar-refractivity contribution in [2.45, 2.75) is 18.6 Å². The normalized spacial score (nSPS) is 11.8. The maximum atomic E-state index is 13.3. The van der Waals surface area contributed by atoms with Gasteiger partial charge in [0.2, 0.25) is 0 Å². The zero-order chi connectivity index (χ0) is 32.0. The third-order valence-corrected chi connectivity index (χ3v) is 7.10. The molecular weight excluding hydrogens is 605 g/mol. The van der Waals surface area contributed by atoms with Crippen LogP contribution < -0.4 is 15.4 Å². The number of anilines is 2. The number of aliphatic carboxylic acids is 1. The number of nitrogens with one attached hydrogen (secondary N) is 2. The Labute approximate surface area is 262 Å². The molecular formula is C35H26ClF3N2O4. The van der Waals surface area contributed by atoms with Crippen LogP contribution in [0, 0.1) is 0 Å². The second kappa shape index (κ2) is 13.6. The lowest BCUT2D eigenvalue weighted by Gasteiger charge is -2.18. The van der Waals surface area contributed by atoms with Crippen molar-refractivity contribution in [3.63, 3.8) is 0 Å². The lowest BCUT2D eigenvalue weighted by molar-refractivity contribution is -0.139.